The molecule has 0 radical (unpaired) electrons. The summed E-state index contributed by atoms with van der Waals surface area (Å²) in [4.78, 5) is 24.0. The van der Waals surface area contributed by atoms with Crippen LogP contribution in [-0.2, 0) is 4.74 Å². The quantitative estimate of drug-likeness (QED) is 0.900. The molecule has 0 aliphatic carbocycles. The predicted octanol–water partition coefficient (Wildman–Crippen LogP) is 2.02. The highest BCUT2D eigenvalue weighted by atomic mass is 16.6. The predicted molar refractivity (Wildman–Crippen MR) is 82.9 cm³/mol. The molecule has 1 fully saturated rings. The van der Waals surface area contributed by atoms with E-state index in [1.165, 1.54) is 12.4 Å². The first-order valence-corrected chi connectivity index (χ1v) is 7.48. The van der Waals surface area contributed by atoms with E-state index in [0.717, 1.165) is 25.9 Å². The van der Waals surface area contributed by atoms with Gasteiger partial charge in [-0.2, -0.15) is 0 Å². The first-order chi connectivity index (χ1) is 10.3. The molecule has 7 nitrogen and oxygen atoms in total. The summed E-state index contributed by atoms with van der Waals surface area (Å²) in [6.07, 6.45) is 4.16. The highest BCUT2D eigenvalue weighted by Crippen LogP contribution is 2.21. The lowest BCUT2D eigenvalue weighted by molar-refractivity contribution is 0.0200. The number of rotatable bonds is 2. The second kappa shape index (κ2) is 6.37. The van der Waals surface area contributed by atoms with Crippen LogP contribution in [0, 0.1) is 0 Å². The average molecular weight is 308 g/mol. The zero-order valence-electron chi connectivity index (χ0n) is 13.6. The van der Waals surface area contributed by atoms with Crippen LogP contribution < -0.4 is 4.90 Å². The van der Waals surface area contributed by atoms with Crippen LogP contribution in [0.5, 0.6) is 5.75 Å². The fraction of sp³-hybridized carbons (Fsp3) is 0.667. The Hall–Kier alpha value is -2.05. The van der Waals surface area contributed by atoms with Gasteiger partial charge in [-0.05, 0) is 33.6 Å². The lowest BCUT2D eigenvalue weighted by atomic mass is 10.0. The number of anilines is 1. The third kappa shape index (κ3) is 4.22. The standard InChI is InChI=1S/C15H24N4O3/c1-15(2,3)22-14(21)18(4)11-5-7-19(8-6-11)13-16-9-12(20)10-17-13/h9-11,20H,5-8H2,1-4H3. The Bertz CT molecular complexity index is 505. The van der Waals surface area contributed by atoms with E-state index in [4.69, 9.17) is 4.74 Å². The molecule has 1 aromatic rings. The zero-order valence-corrected chi connectivity index (χ0v) is 13.6. The highest BCUT2D eigenvalue weighted by Gasteiger charge is 2.29. The highest BCUT2D eigenvalue weighted by molar-refractivity contribution is 5.68. The molecule has 1 aliphatic rings. The number of aromatic nitrogens is 2. The maximum absolute atomic E-state index is 12.1. The minimum atomic E-state index is -0.480. The van der Waals surface area contributed by atoms with Crippen molar-refractivity contribution in [2.45, 2.75) is 45.3 Å². The average Bonchev–Trinajstić information content (AvgIpc) is 2.46. The number of nitrogens with zero attached hydrogens (tertiary/aromatic N) is 4. The SMILES string of the molecule is CN(C(=O)OC(C)(C)C)C1CCN(c2ncc(O)cn2)CC1. The molecule has 22 heavy (non-hydrogen) atoms. The Kier molecular flexibility index (Phi) is 4.73. The molecule has 0 saturated carbocycles. The number of ether oxygens (including phenoxy) is 1. The lowest BCUT2D eigenvalue weighted by Gasteiger charge is -2.37. The van der Waals surface area contributed by atoms with E-state index in [1.807, 2.05) is 20.8 Å². The van der Waals surface area contributed by atoms with Crippen molar-refractivity contribution in [2.75, 3.05) is 25.0 Å². The molecule has 1 saturated heterocycles. The number of carbonyl (C=O) groups excluding carboxylic acids is 1. The second-order valence-electron chi connectivity index (χ2n) is 6.55. The van der Waals surface area contributed by atoms with E-state index in [0.29, 0.717) is 5.95 Å². The molecule has 1 aliphatic heterocycles. The van der Waals surface area contributed by atoms with E-state index in [-0.39, 0.29) is 17.9 Å². The van der Waals surface area contributed by atoms with Crippen molar-refractivity contribution in [1.82, 2.24) is 14.9 Å². The van der Waals surface area contributed by atoms with Crippen molar-refractivity contribution in [3.63, 3.8) is 0 Å². The smallest absolute Gasteiger partial charge is 0.410 e. The molecule has 2 rings (SSSR count). The minimum Gasteiger partial charge on any atom is -0.505 e. The van der Waals surface area contributed by atoms with Crippen molar-refractivity contribution in [3.05, 3.63) is 12.4 Å². The van der Waals surface area contributed by atoms with Crippen LogP contribution in [0.2, 0.25) is 0 Å². The molecular weight excluding hydrogens is 284 g/mol. The summed E-state index contributed by atoms with van der Waals surface area (Å²) < 4.78 is 5.40. The van der Waals surface area contributed by atoms with Crippen molar-refractivity contribution in [2.24, 2.45) is 0 Å². The monoisotopic (exact) mass is 308 g/mol. The van der Waals surface area contributed by atoms with E-state index < -0.39 is 5.60 Å². The van der Waals surface area contributed by atoms with Gasteiger partial charge in [-0.1, -0.05) is 0 Å². The molecule has 1 aromatic heterocycles. The van der Waals surface area contributed by atoms with Gasteiger partial charge in [-0.25, -0.2) is 14.8 Å². The third-order valence-corrected chi connectivity index (χ3v) is 3.60. The van der Waals surface area contributed by atoms with Crippen LogP contribution in [0.15, 0.2) is 12.4 Å². The molecule has 1 amide bonds. The van der Waals surface area contributed by atoms with Gasteiger partial charge in [0.15, 0.2) is 5.75 Å². The Balaban J connectivity index is 1.88. The molecule has 0 unspecified atom stereocenters. The first kappa shape index (κ1) is 16.3. The summed E-state index contributed by atoms with van der Waals surface area (Å²) in [5, 5.41) is 9.22. The topological polar surface area (TPSA) is 78.8 Å². The van der Waals surface area contributed by atoms with Gasteiger partial charge in [-0.3, -0.25) is 0 Å². The van der Waals surface area contributed by atoms with Crippen LogP contribution >= 0.6 is 0 Å². The Morgan fingerprint density at radius 1 is 1.32 bits per heavy atom. The van der Waals surface area contributed by atoms with Gasteiger partial charge in [0.05, 0.1) is 12.4 Å². The molecule has 0 atom stereocenters. The molecule has 122 valence electrons. The normalized spacial score (nSPS) is 16.5. The molecule has 7 heteroatoms. The van der Waals surface area contributed by atoms with E-state index in [1.54, 1.807) is 11.9 Å². The number of amides is 1. The molecular formula is C15H24N4O3. The van der Waals surface area contributed by atoms with Crippen molar-refractivity contribution < 1.29 is 14.6 Å². The number of aromatic hydroxyl groups is 1. The summed E-state index contributed by atoms with van der Waals surface area (Å²) in [7, 11) is 1.78. The van der Waals surface area contributed by atoms with E-state index in [9.17, 15) is 9.90 Å². The Morgan fingerprint density at radius 2 is 1.86 bits per heavy atom. The van der Waals surface area contributed by atoms with Gasteiger partial charge in [0.1, 0.15) is 5.60 Å². The van der Waals surface area contributed by atoms with E-state index in [2.05, 4.69) is 14.9 Å². The third-order valence-electron chi connectivity index (χ3n) is 3.60. The maximum Gasteiger partial charge on any atom is 0.410 e. The van der Waals surface area contributed by atoms with Crippen LogP contribution in [0.1, 0.15) is 33.6 Å². The zero-order chi connectivity index (χ0) is 16.3. The fourth-order valence-corrected chi connectivity index (χ4v) is 2.41. The lowest BCUT2D eigenvalue weighted by Crippen LogP contribution is -2.47. The summed E-state index contributed by atoms with van der Waals surface area (Å²) in [6.45, 7) is 7.13. The number of hydrogen-bond donors (Lipinski definition) is 1. The minimum absolute atomic E-state index is 0.0586. The largest absolute Gasteiger partial charge is 0.505 e. The van der Waals surface area contributed by atoms with Crippen LogP contribution in [0.4, 0.5) is 10.7 Å². The fourth-order valence-electron chi connectivity index (χ4n) is 2.41. The van der Waals surface area contributed by atoms with Gasteiger partial charge >= 0.3 is 6.09 Å². The summed E-state index contributed by atoms with van der Waals surface area (Å²) in [6, 6.07) is 0.156. The summed E-state index contributed by atoms with van der Waals surface area (Å²) in [5.41, 5.74) is -0.480. The molecule has 2 heterocycles. The van der Waals surface area contributed by atoms with Gasteiger partial charge in [0.2, 0.25) is 5.95 Å². The molecule has 0 aromatic carbocycles. The van der Waals surface area contributed by atoms with Gasteiger partial charge < -0.3 is 19.6 Å². The van der Waals surface area contributed by atoms with Gasteiger partial charge in [0.25, 0.3) is 0 Å². The van der Waals surface area contributed by atoms with Gasteiger partial charge in [0, 0.05) is 26.2 Å². The van der Waals surface area contributed by atoms with Crippen LogP contribution in [0.3, 0.4) is 0 Å². The molecule has 0 bridgehead atoms. The molecule has 1 N–H and O–H groups in total. The van der Waals surface area contributed by atoms with Crippen molar-refractivity contribution >= 4 is 12.0 Å². The van der Waals surface area contributed by atoms with E-state index >= 15 is 0 Å². The molecule has 0 spiro atoms. The summed E-state index contributed by atoms with van der Waals surface area (Å²) in [5.74, 6) is 0.666. The van der Waals surface area contributed by atoms with Crippen LogP contribution in [-0.4, -0.2) is 57.8 Å². The maximum atomic E-state index is 12.1. The second-order valence-corrected chi connectivity index (χ2v) is 6.55. The Labute approximate surface area is 130 Å². The number of piperidine rings is 1. The van der Waals surface area contributed by atoms with Crippen molar-refractivity contribution in [1.29, 1.82) is 0 Å². The Morgan fingerprint density at radius 3 is 2.36 bits per heavy atom. The van der Waals surface area contributed by atoms with Crippen LogP contribution in [0.25, 0.3) is 0 Å². The number of carbonyl (C=O) groups is 1. The van der Waals surface area contributed by atoms with Gasteiger partial charge in [-0.15, -0.1) is 0 Å². The number of hydrogen-bond acceptors (Lipinski definition) is 6. The summed E-state index contributed by atoms with van der Waals surface area (Å²) >= 11 is 0. The van der Waals surface area contributed by atoms with Crippen molar-refractivity contribution in [3.8, 4) is 5.75 Å². The first-order valence-electron chi connectivity index (χ1n) is 7.48.